The maximum absolute atomic E-state index is 11.7. The van der Waals surface area contributed by atoms with Gasteiger partial charge in [0, 0.05) is 4.90 Å². The molecular weight excluding hydrogens is 196 g/mol. The summed E-state index contributed by atoms with van der Waals surface area (Å²) in [5.41, 5.74) is 1.16. The highest BCUT2D eigenvalue weighted by Crippen LogP contribution is 2.44. The van der Waals surface area contributed by atoms with Crippen molar-refractivity contribution in [3.63, 3.8) is 0 Å². The van der Waals surface area contributed by atoms with E-state index in [1.165, 1.54) is 4.90 Å². The van der Waals surface area contributed by atoms with Crippen LogP contribution in [0.3, 0.4) is 0 Å². The van der Waals surface area contributed by atoms with Crippen LogP contribution >= 0.6 is 11.8 Å². The molecule has 4 heteroatoms. The third-order valence-corrected chi connectivity index (χ3v) is 3.98. The Bertz CT molecular complexity index is 393. The van der Waals surface area contributed by atoms with Gasteiger partial charge in [0.25, 0.3) is 0 Å². The first kappa shape index (κ1) is 8.32. The van der Waals surface area contributed by atoms with E-state index in [0.29, 0.717) is 6.67 Å². The minimum atomic E-state index is -0.00931. The van der Waals surface area contributed by atoms with Gasteiger partial charge in [-0.2, -0.15) is 0 Å². The zero-order valence-corrected chi connectivity index (χ0v) is 8.30. The molecule has 2 aliphatic rings. The van der Waals surface area contributed by atoms with Gasteiger partial charge in [-0.1, -0.05) is 18.2 Å². The van der Waals surface area contributed by atoms with Crippen molar-refractivity contribution in [2.45, 2.75) is 16.2 Å². The van der Waals surface area contributed by atoms with E-state index in [2.05, 4.69) is 16.7 Å². The van der Waals surface area contributed by atoms with Crippen molar-refractivity contribution >= 4 is 17.7 Å². The molecule has 2 N–H and O–H groups in total. The van der Waals surface area contributed by atoms with Gasteiger partial charge in [-0.25, -0.2) is 0 Å². The fourth-order valence-corrected chi connectivity index (χ4v) is 3.33. The Labute approximate surface area is 86.3 Å². The first-order valence-electron chi connectivity index (χ1n) is 4.63. The number of amides is 1. The number of rotatable bonds is 0. The Morgan fingerprint density at radius 2 is 2.21 bits per heavy atom. The van der Waals surface area contributed by atoms with E-state index in [9.17, 15) is 4.79 Å². The van der Waals surface area contributed by atoms with Gasteiger partial charge < -0.3 is 5.32 Å². The van der Waals surface area contributed by atoms with Crippen molar-refractivity contribution in [3.05, 3.63) is 29.8 Å². The predicted octanol–water partition coefficient (Wildman–Crippen LogP) is 0.879. The molecule has 0 aliphatic carbocycles. The number of hydrogen-bond acceptors (Lipinski definition) is 3. The molecule has 2 unspecified atom stereocenters. The number of carbonyl (C=O) groups is 1. The third kappa shape index (κ3) is 1.07. The molecular formula is C10H10N2OS. The highest BCUT2D eigenvalue weighted by Gasteiger charge is 2.40. The molecule has 2 heterocycles. The standard InChI is InChI=1S/C10H10N2OS/c13-9-8-6-3-1-2-4-7(6)14-10(8)12-5-11-9/h1-4,8,10,12H,5H2,(H,11,13). The fraction of sp³-hybridized carbons (Fsp3) is 0.300. The summed E-state index contributed by atoms with van der Waals surface area (Å²) in [6, 6.07) is 8.12. The van der Waals surface area contributed by atoms with Crippen LogP contribution in [0.4, 0.5) is 0 Å². The summed E-state index contributed by atoms with van der Waals surface area (Å²) in [4.78, 5) is 12.9. The Balaban J connectivity index is 2.07. The average molecular weight is 206 g/mol. The number of benzene rings is 1. The summed E-state index contributed by atoms with van der Waals surface area (Å²) in [5, 5.41) is 6.34. The van der Waals surface area contributed by atoms with Crippen LogP contribution in [0.1, 0.15) is 11.5 Å². The lowest BCUT2D eigenvalue weighted by molar-refractivity contribution is -0.124. The van der Waals surface area contributed by atoms with Crippen molar-refractivity contribution < 1.29 is 4.79 Å². The number of hydrogen-bond donors (Lipinski definition) is 2. The zero-order chi connectivity index (χ0) is 9.54. The van der Waals surface area contributed by atoms with Crippen LogP contribution in [0.25, 0.3) is 0 Å². The van der Waals surface area contributed by atoms with Crippen molar-refractivity contribution in [3.8, 4) is 0 Å². The van der Waals surface area contributed by atoms with Gasteiger partial charge >= 0.3 is 0 Å². The second-order valence-corrected chi connectivity index (χ2v) is 4.66. The first-order valence-corrected chi connectivity index (χ1v) is 5.51. The van der Waals surface area contributed by atoms with Crippen molar-refractivity contribution in [2.75, 3.05) is 6.67 Å². The molecule has 0 radical (unpaired) electrons. The third-order valence-electron chi connectivity index (χ3n) is 2.66. The van der Waals surface area contributed by atoms with Gasteiger partial charge in [0.2, 0.25) is 5.91 Å². The second-order valence-electron chi connectivity index (χ2n) is 3.48. The van der Waals surface area contributed by atoms with Gasteiger partial charge in [-0.15, -0.1) is 11.8 Å². The second kappa shape index (κ2) is 3.00. The van der Waals surface area contributed by atoms with Crippen molar-refractivity contribution in [1.29, 1.82) is 0 Å². The van der Waals surface area contributed by atoms with Crippen LogP contribution < -0.4 is 10.6 Å². The summed E-state index contributed by atoms with van der Waals surface area (Å²) >= 11 is 1.75. The lowest BCUT2D eigenvalue weighted by atomic mass is 9.97. The highest BCUT2D eigenvalue weighted by atomic mass is 32.2. The monoisotopic (exact) mass is 206 g/mol. The van der Waals surface area contributed by atoms with Crippen LogP contribution in [-0.2, 0) is 4.79 Å². The van der Waals surface area contributed by atoms with E-state index in [1.807, 2.05) is 18.2 Å². The van der Waals surface area contributed by atoms with E-state index >= 15 is 0 Å². The maximum atomic E-state index is 11.7. The van der Waals surface area contributed by atoms with Crippen molar-refractivity contribution in [2.24, 2.45) is 0 Å². The minimum Gasteiger partial charge on any atom is -0.343 e. The SMILES string of the molecule is O=C1NCNC2Sc3ccccc3C12. The van der Waals surface area contributed by atoms with Gasteiger partial charge in [0.15, 0.2) is 0 Å². The van der Waals surface area contributed by atoms with E-state index in [1.54, 1.807) is 11.8 Å². The zero-order valence-electron chi connectivity index (χ0n) is 7.49. The highest BCUT2D eigenvalue weighted by molar-refractivity contribution is 8.00. The minimum absolute atomic E-state index is 0.00931. The van der Waals surface area contributed by atoms with Gasteiger partial charge in [-0.05, 0) is 11.6 Å². The lowest BCUT2D eigenvalue weighted by Gasteiger charge is -2.25. The molecule has 1 aromatic carbocycles. The normalized spacial score (nSPS) is 29.3. The summed E-state index contributed by atoms with van der Waals surface area (Å²) in [7, 11) is 0. The Hall–Kier alpha value is -1.00. The molecule has 14 heavy (non-hydrogen) atoms. The maximum Gasteiger partial charge on any atom is 0.231 e. The topological polar surface area (TPSA) is 41.1 Å². The molecule has 1 saturated heterocycles. The molecule has 3 rings (SSSR count). The molecule has 2 aliphatic heterocycles. The quantitative estimate of drug-likeness (QED) is 0.662. The largest absolute Gasteiger partial charge is 0.343 e. The van der Waals surface area contributed by atoms with Gasteiger partial charge in [0.05, 0.1) is 18.0 Å². The van der Waals surface area contributed by atoms with Crippen LogP contribution in [0.5, 0.6) is 0 Å². The molecule has 0 spiro atoms. The van der Waals surface area contributed by atoms with E-state index in [4.69, 9.17) is 0 Å². The molecule has 1 aromatic rings. The lowest BCUT2D eigenvalue weighted by Crippen LogP contribution is -2.50. The number of nitrogens with one attached hydrogen (secondary N) is 2. The van der Waals surface area contributed by atoms with E-state index < -0.39 is 0 Å². The Kier molecular flexibility index (Phi) is 1.78. The van der Waals surface area contributed by atoms with Crippen LogP contribution in [0.15, 0.2) is 29.2 Å². The van der Waals surface area contributed by atoms with Crippen molar-refractivity contribution in [1.82, 2.24) is 10.6 Å². The molecule has 72 valence electrons. The van der Waals surface area contributed by atoms with Gasteiger partial charge in [0.1, 0.15) is 0 Å². The molecule has 0 bridgehead atoms. The molecule has 1 fully saturated rings. The predicted molar refractivity (Wildman–Crippen MR) is 55.0 cm³/mol. The smallest absolute Gasteiger partial charge is 0.231 e. The first-order chi connectivity index (χ1) is 6.86. The fourth-order valence-electron chi connectivity index (χ4n) is 2.00. The molecule has 1 amide bonds. The summed E-state index contributed by atoms with van der Waals surface area (Å²) < 4.78 is 0. The van der Waals surface area contributed by atoms with Gasteiger partial charge in [-0.3, -0.25) is 10.1 Å². The van der Waals surface area contributed by atoms with Crippen LogP contribution in [-0.4, -0.2) is 17.9 Å². The van der Waals surface area contributed by atoms with Crippen LogP contribution in [0, 0.1) is 0 Å². The van der Waals surface area contributed by atoms with Crippen LogP contribution in [0.2, 0.25) is 0 Å². The molecule has 2 atom stereocenters. The summed E-state index contributed by atoms with van der Waals surface area (Å²) in [6.45, 7) is 0.584. The summed E-state index contributed by atoms with van der Waals surface area (Å²) in [6.07, 6.45) is 0. The molecule has 0 aromatic heterocycles. The average Bonchev–Trinajstić information content (AvgIpc) is 2.57. The number of thioether (sulfide) groups is 1. The van der Waals surface area contributed by atoms with E-state index in [-0.39, 0.29) is 17.2 Å². The van der Waals surface area contributed by atoms with E-state index in [0.717, 1.165) is 5.56 Å². The molecule has 0 saturated carbocycles. The Morgan fingerprint density at radius 1 is 1.36 bits per heavy atom. The summed E-state index contributed by atoms with van der Waals surface area (Å²) in [5.74, 6) is 0.135. The molecule has 3 nitrogen and oxygen atoms in total. The number of fused-ring (bicyclic) bond motifs is 3. The number of carbonyl (C=O) groups excluding carboxylic acids is 1. The Morgan fingerprint density at radius 3 is 3.14 bits per heavy atom.